The van der Waals surface area contributed by atoms with E-state index in [0.717, 1.165) is 12.8 Å². The number of ketones is 1. The van der Waals surface area contributed by atoms with E-state index in [1.165, 1.54) is 0 Å². The predicted molar refractivity (Wildman–Crippen MR) is 62.3 cm³/mol. The minimum Gasteiger partial charge on any atom is -0.299 e. The van der Waals surface area contributed by atoms with Crippen LogP contribution in [-0.4, -0.2) is 5.78 Å². The van der Waals surface area contributed by atoms with Gasteiger partial charge in [-0.25, -0.2) is 0 Å². The van der Waals surface area contributed by atoms with Crippen LogP contribution in [0.5, 0.6) is 0 Å². The maximum absolute atomic E-state index is 11.4. The molecule has 0 amide bonds. The number of hydrogen-bond donors (Lipinski definition) is 0. The molecule has 0 spiro atoms. The molecular formula is C13H26O. The van der Waals surface area contributed by atoms with Crippen LogP contribution >= 0.6 is 0 Å². The van der Waals surface area contributed by atoms with Crippen molar-refractivity contribution in [1.82, 2.24) is 0 Å². The van der Waals surface area contributed by atoms with E-state index in [9.17, 15) is 4.79 Å². The second-order valence-electron chi connectivity index (χ2n) is 6.08. The molecule has 1 heteroatoms. The first-order valence-electron chi connectivity index (χ1n) is 5.60. The Kier molecular flexibility index (Phi) is 4.35. The van der Waals surface area contributed by atoms with Crippen molar-refractivity contribution in [1.29, 1.82) is 0 Å². The largest absolute Gasteiger partial charge is 0.299 e. The Hall–Kier alpha value is -0.330. The molecule has 0 aromatic rings. The van der Waals surface area contributed by atoms with Gasteiger partial charge >= 0.3 is 0 Å². The summed E-state index contributed by atoms with van der Waals surface area (Å²) in [6.45, 7) is 14.9. The molecule has 0 aliphatic heterocycles. The zero-order valence-corrected chi connectivity index (χ0v) is 10.9. The zero-order chi connectivity index (χ0) is 11.6. The lowest BCUT2D eigenvalue weighted by Crippen LogP contribution is -2.26. The van der Waals surface area contributed by atoms with Crippen molar-refractivity contribution in [2.45, 2.75) is 61.3 Å². The Morgan fingerprint density at radius 2 is 1.50 bits per heavy atom. The highest BCUT2D eigenvalue weighted by atomic mass is 16.1. The Morgan fingerprint density at radius 1 is 1.07 bits per heavy atom. The monoisotopic (exact) mass is 198 g/mol. The van der Waals surface area contributed by atoms with Crippen LogP contribution in [0.3, 0.4) is 0 Å². The summed E-state index contributed by atoms with van der Waals surface area (Å²) < 4.78 is 0. The first kappa shape index (κ1) is 13.7. The minimum atomic E-state index is -0.147. The summed E-state index contributed by atoms with van der Waals surface area (Å²) in [5.41, 5.74) is 0.193. The van der Waals surface area contributed by atoms with Crippen LogP contribution < -0.4 is 0 Å². The fraction of sp³-hybridized carbons (Fsp3) is 0.923. The molecule has 0 rings (SSSR count). The van der Waals surface area contributed by atoms with Crippen LogP contribution in [0.25, 0.3) is 0 Å². The van der Waals surface area contributed by atoms with Gasteiger partial charge in [0, 0.05) is 5.41 Å². The molecule has 0 aliphatic rings. The normalized spacial score (nSPS) is 13.4. The van der Waals surface area contributed by atoms with E-state index in [1.54, 1.807) is 6.92 Å². The predicted octanol–water partition coefficient (Wildman–Crippen LogP) is 4.06. The quantitative estimate of drug-likeness (QED) is 0.651. The lowest BCUT2D eigenvalue weighted by Gasteiger charge is -2.32. The van der Waals surface area contributed by atoms with Crippen molar-refractivity contribution < 1.29 is 4.79 Å². The van der Waals surface area contributed by atoms with E-state index >= 15 is 0 Å². The fourth-order valence-corrected chi connectivity index (χ4v) is 1.10. The molecule has 0 unspecified atom stereocenters. The second-order valence-corrected chi connectivity index (χ2v) is 6.08. The number of carbonyl (C=O) groups is 1. The van der Waals surface area contributed by atoms with Gasteiger partial charge in [-0.2, -0.15) is 0 Å². The topological polar surface area (TPSA) is 17.1 Å². The van der Waals surface area contributed by atoms with Crippen molar-refractivity contribution >= 4 is 5.78 Å². The molecular weight excluding hydrogens is 172 g/mol. The van der Waals surface area contributed by atoms with Gasteiger partial charge in [-0.3, -0.25) is 4.79 Å². The average molecular weight is 198 g/mol. The number of hydrogen-bond acceptors (Lipinski definition) is 1. The molecule has 0 heterocycles. The third-order valence-corrected chi connectivity index (χ3v) is 3.91. The Bertz CT molecular complexity index is 199. The van der Waals surface area contributed by atoms with Gasteiger partial charge in [-0.1, -0.05) is 41.5 Å². The summed E-state index contributed by atoms with van der Waals surface area (Å²) in [7, 11) is 0. The summed E-state index contributed by atoms with van der Waals surface area (Å²) in [6.07, 6.45) is 2.12. The highest BCUT2D eigenvalue weighted by Crippen LogP contribution is 2.36. The van der Waals surface area contributed by atoms with Crippen molar-refractivity contribution in [3.05, 3.63) is 0 Å². The molecule has 0 aromatic heterocycles. The van der Waals surface area contributed by atoms with E-state index in [0.29, 0.717) is 17.1 Å². The maximum atomic E-state index is 11.4. The zero-order valence-electron chi connectivity index (χ0n) is 10.9. The van der Waals surface area contributed by atoms with E-state index in [4.69, 9.17) is 0 Å². The van der Waals surface area contributed by atoms with Crippen LogP contribution in [0, 0.1) is 16.7 Å². The van der Waals surface area contributed by atoms with Crippen molar-refractivity contribution in [2.24, 2.45) is 16.7 Å². The van der Waals surface area contributed by atoms with Gasteiger partial charge in [0.1, 0.15) is 5.78 Å². The molecule has 14 heavy (non-hydrogen) atoms. The molecule has 0 N–H and O–H groups in total. The molecule has 1 nitrogen and oxygen atoms in total. The molecule has 0 aromatic carbocycles. The van der Waals surface area contributed by atoms with Gasteiger partial charge in [0.2, 0.25) is 0 Å². The molecule has 0 saturated heterocycles. The summed E-state index contributed by atoms with van der Waals surface area (Å²) in [5, 5.41) is 0. The summed E-state index contributed by atoms with van der Waals surface area (Å²) >= 11 is 0. The molecule has 0 aliphatic carbocycles. The molecule has 0 atom stereocenters. The average Bonchev–Trinajstić information content (AvgIpc) is 2.01. The Balaban J connectivity index is 4.25. The standard InChI is InChI=1S/C13H26O/c1-10(2)12(4,5)8-9-13(6,7)11(3)14/h10H,8-9H2,1-7H3. The van der Waals surface area contributed by atoms with Gasteiger partial charge in [0.05, 0.1) is 0 Å². The van der Waals surface area contributed by atoms with E-state index < -0.39 is 0 Å². The Morgan fingerprint density at radius 3 is 1.79 bits per heavy atom. The van der Waals surface area contributed by atoms with Crippen molar-refractivity contribution in [3.8, 4) is 0 Å². The van der Waals surface area contributed by atoms with Crippen molar-refractivity contribution in [3.63, 3.8) is 0 Å². The highest BCUT2D eigenvalue weighted by Gasteiger charge is 2.29. The van der Waals surface area contributed by atoms with Crippen LogP contribution in [0.15, 0.2) is 0 Å². The lowest BCUT2D eigenvalue weighted by molar-refractivity contribution is -0.125. The van der Waals surface area contributed by atoms with Crippen LogP contribution in [0.4, 0.5) is 0 Å². The van der Waals surface area contributed by atoms with Crippen LogP contribution in [0.1, 0.15) is 61.3 Å². The van der Waals surface area contributed by atoms with Gasteiger partial charge in [0.25, 0.3) is 0 Å². The van der Waals surface area contributed by atoms with Crippen molar-refractivity contribution in [2.75, 3.05) is 0 Å². The van der Waals surface area contributed by atoms with Crippen LogP contribution in [0.2, 0.25) is 0 Å². The summed E-state index contributed by atoms with van der Waals surface area (Å²) in [5.74, 6) is 0.974. The van der Waals surface area contributed by atoms with E-state index in [1.807, 2.05) is 13.8 Å². The Labute approximate surface area is 89.3 Å². The third-order valence-electron chi connectivity index (χ3n) is 3.91. The number of carbonyl (C=O) groups excluding carboxylic acids is 1. The van der Waals surface area contributed by atoms with Crippen LogP contribution in [-0.2, 0) is 4.79 Å². The van der Waals surface area contributed by atoms with Gasteiger partial charge < -0.3 is 0 Å². The minimum absolute atomic E-state index is 0.147. The van der Waals surface area contributed by atoms with Gasteiger partial charge in [-0.15, -0.1) is 0 Å². The SMILES string of the molecule is CC(=O)C(C)(C)CCC(C)(C)C(C)C. The van der Waals surface area contributed by atoms with E-state index in [2.05, 4.69) is 27.7 Å². The number of rotatable bonds is 5. The summed E-state index contributed by atoms with van der Waals surface area (Å²) in [4.78, 5) is 11.4. The fourth-order valence-electron chi connectivity index (χ4n) is 1.10. The molecule has 0 saturated carbocycles. The molecule has 0 bridgehead atoms. The molecule has 0 fully saturated rings. The summed E-state index contributed by atoms with van der Waals surface area (Å²) in [6, 6.07) is 0. The first-order valence-corrected chi connectivity index (χ1v) is 5.60. The first-order chi connectivity index (χ1) is 6.09. The second kappa shape index (κ2) is 4.46. The van der Waals surface area contributed by atoms with E-state index in [-0.39, 0.29) is 5.41 Å². The maximum Gasteiger partial charge on any atom is 0.135 e. The smallest absolute Gasteiger partial charge is 0.135 e. The van der Waals surface area contributed by atoms with Gasteiger partial charge in [0.15, 0.2) is 0 Å². The third kappa shape index (κ3) is 3.81. The molecule has 0 radical (unpaired) electrons. The molecule has 84 valence electrons. The van der Waals surface area contributed by atoms with Gasteiger partial charge in [-0.05, 0) is 31.1 Å². The number of Topliss-reactive ketones (excluding diaryl/α,β-unsaturated/α-hetero) is 1. The highest BCUT2D eigenvalue weighted by molar-refractivity contribution is 5.81. The lowest BCUT2D eigenvalue weighted by atomic mass is 9.72.